The standard InChI is InChI=1S/C13H22N4O3/c1-3-7-14-11-15-12(18-4-2)17-13(16-11)20-9-10-6-5-8-19-10/h10H,3-9H2,1-2H3,(H,14,15,16,17). The zero-order chi connectivity index (χ0) is 14.2. The SMILES string of the molecule is CCCNc1nc(OCC)nc(OCC2CCCO2)n1. The van der Waals surface area contributed by atoms with Gasteiger partial charge in [0.05, 0.1) is 12.7 Å². The first-order valence-electron chi connectivity index (χ1n) is 7.19. The van der Waals surface area contributed by atoms with Crippen LogP contribution in [-0.4, -0.2) is 47.4 Å². The van der Waals surface area contributed by atoms with Crippen molar-refractivity contribution < 1.29 is 14.2 Å². The van der Waals surface area contributed by atoms with Gasteiger partial charge in [-0.1, -0.05) is 6.92 Å². The molecule has 7 heteroatoms. The molecule has 1 fully saturated rings. The summed E-state index contributed by atoms with van der Waals surface area (Å²) in [4.78, 5) is 12.5. The van der Waals surface area contributed by atoms with Crippen LogP contribution in [0.3, 0.4) is 0 Å². The molecule has 1 atom stereocenters. The maximum absolute atomic E-state index is 5.59. The lowest BCUT2D eigenvalue weighted by molar-refractivity contribution is 0.0641. The Balaban J connectivity index is 1.98. The lowest BCUT2D eigenvalue weighted by Gasteiger charge is -2.12. The summed E-state index contributed by atoms with van der Waals surface area (Å²) >= 11 is 0. The summed E-state index contributed by atoms with van der Waals surface area (Å²) in [6, 6.07) is 0.556. The molecule has 1 unspecified atom stereocenters. The van der Waals surface area contributed by atoms with E-state index in [0.717, 1.165) is 32.4 Å². The molecular weight excluding hydrogens is 260 g/mol. The number of rotatable bonds is 8. The third-order valence-electron chi connectivity index (χ3n) is 2.82. The Kier molecular flexibility index (Phi) is 5.79. The highest BCUT2D eigenvalue weighted by Gasteiger charge is 2.17. The van der Waals surface area contributed by atoms with E-state index in [1.807, 2.05) is 6.92 Å². The molecule has 1 aromatic heterocycles. The fourth-order valence-corrected chi connectivity index (χ4v) is 1.86. The van der Waals surface area contributed by atoms with Gasteiger partial charge in [0.15, 0.2) is 0 Å². The number of hydrogen-bond acceptors (Lipinski definition) is 7. The van der Waals surface area contributed by atoms with Crippen molar-refractivity contribution in [2.75, 3.05) is 31.7 Å². The summed E-state index contributed by atoms with van der Waals surface area (Å²) in [5.41, 5.74) is 0. The lowest BCUT2D eigenvalue weighted by Crippen LogP contribution is -2.18. The van der Waals surface area contributed by atoms with Crippen molar-refractivity contribution in [1.82, 2.24) is 15.0 Å². The molecular formula is C13H22N4O3. The topological polar surface area (TPSA) is 78.4 Å². The van der Waals surface area contributed by atoms with Crippen LogP contribution in [0.15, 0.2) is 0 Å². The molecule has 0 aromatic carbocycles. The zero-order valence-electron chi connectivity index (χ0n) is 12.1. The fraction of sp³-hybridized carbons (Fsp3) is 0.769. The summed E-state index contributed by atoms with van der Waals surface area (Å²) < 4.78 is 16.4. The minimum absolute atomic E-state index is 0.134. The van der Waals surface area contributed by atoms with E-state index in [-0.39, 0.29) is 18.1 Å². The van der Waals surface area contributed by atoms with Crippen molar-refractivity contribution in [3.63, 3.8) is 0 Å². The van der Waals surface area contributed by atoms with Crippen LogP contribution in [0.5, 0.6) is 12.0 Å². The minimum Gasteiger partial charge on any atom is -0.464 e. The van der Waals surface area contributed by atoms with Gasteiger partial charge in [-0.3, -0.25) is 0 Å². The average Bonchev–Trinajstić information content (AvgIpc) is 2.96. The zero-order valence-corrected chi connectivity index (χ0v) is 12.1. The maximum atomic E-state index is 5.59. The summed E-state index contributed by atoms with van der Waals surface area (Å²) in [5.74, 6) is 0.479. The van der Waals surface area contributed by atoms with E-state index in [1.165, 1.54) is 0 Å². The van der Waals surface area contributed by atoms with E-state index in [2.05, 4.69) is 27.2 Å². The molecule has 2 heterocycles. The van der Waals surface area contributed by atoms with Crippen molar-refractivity contribution in [3.05, 3.63) is 0 Å². The van der Waals surface area contributed by atoms with Crippen molar-refractivity contribution >= 4 is 5.95 Å². The Morgan fingerprint density at radius 3 is 2.65 bits per heavy atom. The first-order valence-corrected chi connectivity index (χ1v) is 7.19. The molecule has 112 valence electrons. The van der Waals surface area contributed by atoms with Gasteiger partial charge < -0.3 is 19.5 Å². The molecule has 1 saturated heterocycles. The van der Waals surface area contributed by atoms with Gasteiger partial charge >= 0.3 is 12.0 Å². The largest absolute Gasteiger partial charge is 0.464 e. The number of aromatic nitrogens is 3. The number of nitrogens with one attached hydrogen (secondary N) is 1. The molecule has 1 N–H and O–H groups in total. The Bertz CT molecular complexity index is 411. The van der Waals surface area contributed by atoms with Gasteiger partial charge in [-0.15, -0.1) is 4.98 Å². The maximum Gasteiger partial charge on any atom is 0.324 e. The van der Waals surface area contributed by atoms with Gasteiger partial charge in [-0.25, -0.2) is 0 Å². The van der Waals surface area contributed by atoms with E-state index in [0.29, 0.717) is 19.2 Å². The predicted octanol–water partition coefficient (Wildman–Crippen LogP) is 1.65. The van der Waals surface area contributed by atoms with E-state index >= 15 is 0 Å². The van der Waals surface area contributed by atoms with Crippen molar-refractivity contribution in [1.29, 1.82) is 0 Å². The molecule has 2 rings (SSSR count). The van der Waals surface area contributed by atoms with Crippen LogP contribution >= 0.6 is 0 Å². The van der Waals surface area contributed by atoms with Crippen LogP contribution in [-0.2, 0) is 4.74 Å². The predicted molar refractivity (Wildman–Crippen MR) is 74.2 cm³/mol. The van der Waals surface area contributed by atoms with Crippen LogP contribution < -0.4 is 14.8 Å². The second-order valence-corrected chi connectivity index (χ2v) is 4.53. The van der Waals surface area contributed by atoms with Gasteiger partial charge in [-0.2, -0.15) is 9.97 Å². The second-order valence-electron chi connectivity index (χ2n) is 4.53. The van der Waals surface area contributed by atoms with Crippen molar-refractivity contribution in [2.24, 2.45) is 0 Å². The lowest BCUT2D eigenvalue weighted by atomic mass is 10.2. The molecule has 1 aliphatic rings. The molecule has 0 spiro atoms. The van der Waals surface area contributed by atoms with Crippen LogP contribution in [0.25, 0.3) is 0 Å². The van der Waals surface area contributed by atoms with E-state index < -0.39 is 0 Å². The third-order valence-corrected chi connectivity index (χ3v) is 2.82. The molecule has 0 amide bonds. The fourth-order valence-electron chi connectivity index (χ4n) is 1.86. The summed E-state index contributed by atoms with van der Waals surface area (Å²) in [5, 5.41) is 3.11. The van der Waals surface area contributed by atoms with Crippen molar-refractivity contribution in [3.8, 4) is 12.0 Å². The van der Waals surface area contributed by atoms with E-state index in [1.54, 1.807) is 0 Å². The van der Waals surface area contributed by atoms with E-state index in [4.69, 9.17) is 14.2 Å². The van der Waals surface area contributed by atoms with Gasteiger partial charge in [0.2, 0.25) is 5.95 Å². The van der Waals surface area contributed by atoms with Gasteiger partial charge in [-0.05, 0) is 26.2 Å². The smallest absolute Gasteiger partial charge is 0.324 e. The van der Waals surface area contributed by atoms with E-state index in [9.17, 15) is 0 Å². The second kappa shape index (κ2) is 7.84. The number of hydrogen-bond donors (Lipinski definition) is 1. The van der Waals surface area contributed by atoms with Crippen LogP contribution in [0.4, 0.5) is 5.95 Å². The Morgan fingerprint density at radius 1 is 1.20 bits per heavy atom. The molecule has 0 saturated carbocycles. The van der Waals surface area contributed by atoms with Gasteiger partial charge in [0.25, 0.3) is 0 Å². The quantitative estimate of drug-likeness (QED) is 0.776. The monoisotopic (exact) mass is 282 g/mol. The molecule has 1 aromatic rings. The van der Waals surface area contributed by atoms with Gasteiger partial charge in [0, 0.05) is 13.2 Å². The number of nitrogens with zero attached hydrogens (tertiary/aromatic N) is 3. The normalized spacial score (nSPS) is 18.0. The highest BCUT2D eigenvalue weighted by molar-refractivity contribution is 5.27. The Labute approximate surface area is 119 Å². The van der Waals surface area contributed by atoms with Crippen LogP contribution in [0.1, 0.15) is 33.1 Å². The highest BCUT2D eigenvalue weighted by atomic mass is 16.5. The molecule has 0 bridgehead atoms. The molecule has 0 radical (unpaired) electrons. The first-order chi connectivity index (χ1) is 9.81. The molecule has 20 heavy (non-hydrogen) atoms. The molecule has 7 nitrogen and oxygen atoms in total. The Morgan fingerprint density at radius 2 is 2.00 bits per heavy atom. The Hall–Kier alpha value is -1.63. The average molecular weight is 282 g/mol. The van der Waals surface area contributed by atoms with Crippen LogP contribution in [0.2, 0.25) is 0 Å². The highest BCUT2D eigenvalue weighted by Crippen LogP contribution is 2.16. The first kappa shape index (κ1) is 14.8. The molecule has 0 aliphatic carbocycles. The van der Waals surface area contributed by atoms with Gasteiger partial charge in [0.1, 0.15) is 6.61 Å². The minimum atomic E-state index is 0.134. The summed E-state index contributed by atoms with van der Waals surface area (Å²) in [6.07, 6.45) is 3.22. The summed E-state index contributed by atoms with van der Waals surface area (Å²) in [6.45, 7) is 6.52. The number of anilines is 1. The van der Waals surface area contributed by atoms with Crippen molar-refractivity contribution in [2.45, 2.75) is 39.2 Å². The summed E-state index contributed by atoms with van der Waals surface area (Å²) in [7, 11) is 0. The number of ether oxygens (including phenoxy) is 3. The van der Waals surface area contributed by atoms with Crippen LogP contribution in [0, 0.1) is 0 Å². The molecule has 1 aliphatic heterocycles. The third kappa shape index (κ3) is 4.48.